The Hall–Kier alpha value is -2.24. The highest BCUT2D eigenvalue weighted by Crippen LogP contribution is 2.38. The lowest BCUT2D eigenvalue weighted by Crippen LogP contribution is -2.28. The molecule has 0 aromatic heterocycles. The Morgan fingerprint density at radius 2 is 1.63 bits per heavy atom. The molecule has 8 heteroatoms. The van der Waals surface area contributed by atoms with Crippen LogP contribution in [-0.2, 0) is 14.9 Å². The number of hydrogen-bond donors (Lipinski definition) is 2. The van der Waals surface area contributed by atoms with E-state index >= 15 is 0 Å². The van der Waals surface area contributed by atoms with Crippen LogP contribution in [0.25, 0.3) is 0 Å². The molecule has 1 aliphatic rings. The summed E-state index contributed by atoms with van der Waals surface area (Å²) < 4.78 is 29.7. The zero-order chi connectivity index (χ0) is 22.1. The van der Waals surface area contributed by atoms with E-state index in [0.29, 0.717) is 12.8 Å². The normalized spacial score (nSPS) is 15.2. The fraction of sp³-hybridized carbons (Fsp3) is 0.591. The van der Waals surface area contributed by atoms with Crippen LogP contribution in [0.4, 0.5) is 0 Å². The van der Waals surface area contributed by atoms with Crippen LogP contribution in [0.3, 0.4) is 0 Å². The number of nitrogens with zero attached hydrogens (tertiary/aromatic N) is 2. The van der Waals surface area contributed by atoms with Crippen LogP contribution in [0, 0.1) is 12.3 Å². The van der Waals surface area contributed by atoms with Gasteiger partial charge in [0.2, 0.25) is 5.91 Å². The largest absolute Gasteiger partial charge is 0.355 e. The molecule has 1 aliphatic heterocycles. The topological polar surface area (TPSA) is 108 Å². The van der Waals surface area contributed by atoms with Crippen LogP contribution in [-0.4, -0.2) is 36.8 Å². The second-order valence-corrected chi connectivity index (χ2v) is 8.76. The molecule has 0 aliphatic carbocycles. The van der Waals surface area contributed by atoms with Crippen LogP contribution >= 0.6 is 0 Å². The van der Waals surface area contributed by atoms with Gasteiger partial charge in [-0.2, -0.15) is 18.6 Å². The number of carbonyl (C=O) groups is 1. The van der Waals surface area contributed by atoms with Gasteiger partial charge in [-0.15, -0.1) is 12.3 Å². The Labute approximate surface area is 180 Å². The van der Waals surface area contributed by atoms with Crippen molar-refractivity contribution in [3.05, 3.63) is 36.5 Å². The molecule has 0 fully saturated rings. The summed E-state index contributed by atoms with van der Waals surface area (Å²) in [7, 11) is -4.02. The minimum Gasteiger partial charge on any atom is -0.355 e. The highest BCUT2D eigenvalue weighted by atomic mass is 32.2. The first-order valence-corrected chi connectivity index (χ1v) is 12.0. The van der Waals surface area contributed by atoms with Crippen molar-refractivity contribution in [2.24, 2.45) is 10.2 Å². The van der Waals surface area contributed by atoms with Gasteiger partial charge in [0.05, 0.1) is 5.75 Å². The molecule has 166 valence electrons. The third-order valence-corrected chi connectivity index (χ3v) is 5.21. The van der Waals surface area contributed by atoms with E-state index in [4.69, 9.17) is 11.0 Å². The van der Waals surface area contributed by atoms with Crippen molar-refractivity contribution in [3.63, 3.8) is 0 Å². The third-order valence-electron chi connectivity index (χ3n) is 4.49. The summed E-state index contributed by atoms with van der Waals surface area (Å²) in [6, 6.07) is 0. The Morgan fingerprint density at radius 1 is 1.00 bits per heavy atom. The highest BCUT2D eigenvalue weighted by Gasteiger charge is 2.37. The number of amides is 1. The molecule has 1 amide bonds. The van der Waals surface area contributed by atoms with E-state index in [0.717, 1.165) is 51.4 Å². The first-order chi connectivity index (χ1) is 14.4. The number of unbranched alkanes of at least 4 members (excludes halogenated alkanes) is 2. The number of carbonyl (C=O) groups excluding carboxylic acids is 1. The maximum atomic E-state index is 11.5. The van der Waals surface area contributed by atoms with Crippen LogP contribution in [0.2, 0.25) is 0 Å². The van der Waals surface area contributed by atoms with Gasteiger partial charge in [0.1, 0.15) is 0 Å². The molecule has 0 bridgehead atoms. The summed E-state index contributed by atoms with van der Waals surface area (Å²) in [5.41, 5.74) is -0.150. The fourth-order valence-corrected chi connectivity index (χ4v) is 3.11. The number of nitrogens with one attached hydrogen (secondary N) is 1. The molecular formula is C22H33N3O4S. The summed E-state index contributed by atoms with van der Waals surface area (Å²) in [5, 5.41) is 10.8. The second-order valence-electron chi connectivity index (χ2n) is 7.19. The Balaban J connectivity index is 1.96. The van der Waals surface area contributed by atoms with Gasteiger partial charge in [0, 0.05) is 19.4 Å². The lowest BCUT2D eigenvalue weighted by molar-refractivity contribution is -0.121. The number of allylic oxidation sites excluding steroid dienone is 6. The van der Waals surface area contributed by atoms with Crippen molar-refractivity contribution in [3.8, 4) is 12.3 Å². The average Bonchev–Trinajstić information content (AvgIpc) is 3.44. The number of rotatable bonds is 17. The minimum absolute atomic E-state index is 0.0647. The van der Waals surface area contributed by atoms with Gasteiger partial charge in [-0.05, 0) is 51.4 Å². The third kappa shape index (κ3) is 14.7. The van der Waals surface area contributed by atoms with E-state index in [1.54, 1.807) is 0 Å². The van der Waals surface area contributed by atoms with E-state index in [2.05, 4.69) is 51.8 Å². The monoisotopic (exact) mass is 435 g/mol. The Bertz CT molecular complexity index is 771. The molecule has 0 unspecified atom stereocenters. The van der Waals surface area contributed by atoms with Crippen LogP contribution in [0.5, 0.6) is 0 Å². The molecule has 0 aromatic rings. The Kier molecular flexibility index (Phi) is 12.6. The van der Waals surface area contributed by atoms with E-state index in [-0.39, 0.29) is 18.1 Å². The van der Waals surface area contributed by atoms with Gasteiger partial charge in [-0.1, -0.05) is 36.5 Å². The molecule has 1 rings (SSSR count). The van der Waals surface area contributed by atoms with Gasteiger partial charge in [0.15, 0.2) is 5.66 Å². The highest BCUT2D eigenvalue weighted by molar-refractivity contribution is 7.85. The summed E-state index contributed by atoms with van der Waals surface area (Å²) in [6.45, 7) is -0.0647. The molecule has 0 aromatic carbocycles. The van der Waals surface area contributed by atoms with Gasteiger partial charge in [-0.3, -0.25) is 9.35 Å². The molecule has 2 N–H and O–H groups in total. The maximum absolute atomic E-state index is 11.5. The summed E-state index contributed by atoms with van der Waals surface area (Å²) in [4.78, 5) is 11.5. The van der Waals surface area contributed by atoms with Crippen molar-refractivity contribution in [2.45, 2.75) is 69.9 Å². The molecule has 0 saturated heterocycles. The quantitative estimate of drug-likeness (QED) is 0.153. The summed E-state index contributed by atoms with van der Waals surface area (Å²) in [6.07, 6.45) is 26.1. The standard InChI is InChI=1S/C22H33N3O4S/c1-2-3-14-17-22(24-25-22)18-15-12-10-8-6-4-5-7-9-11-13-16-21(26)23-19-20-30(27,28)29/h1,4,6-7,9-10,12H,3,5,8,11,13-20H2,(H,23,26)(H,27,28,29)/b6-4-,9-7-,12-10-. The van der Waals surface area contributed by atoms with E-state index in [1.807, 2.05) is 6.08 Å². The molecule has 0 radical (unpaired) electrons. The van der Waals surface area contributed by atoms with E-state index in [9.17, 15) is 13.2 Å². The Morgan fingerprint density at radius 3 is 2.23 bits per heavy atom. The molecule has 30 heavy (non-hydrogen) atoms. The van der Waals surface area contributed by atoms with Crippen molar-refractivity contribution in [1.29, 1.82) is 0 Å². The van der Waals surface area contributed by atoms with Crippen molar-refractivity contribution < 1.29 is 17.8 Å². The second kappa shape index (κ2) is 14.7. The van der Waals surface area contributed by atoms with Gasteiger partial charge >= 0.3 is 0 Å². The molecule has 0 spiro atoms. The van der Waals surface area contributed by atoms with Crippen LogP contribution in [0.15, 0.2) is 46.7 Å². The van der Waals surface area contributed by atoms with Gasteiger partial charge < -0.3 is 5.32 Å². The van der Waals surface area contributed by atoms with Crippen LogP contribution in [0.1, 0.15) is 64.2 Å². The lowest BCUT2D eigenvalue weighted by atomic mass is 10.0. The van der Waals surface area contributed by atoms with Gasteiger partial charge in [-0.25, -0.2) is 0 Å². The summed E-state index contributed by atoms with van der Waals surface area (Å²) >= 11 is 0. The average molecular weight is 436 g/mol. The molecule has 1 heterocycles. The summed E-state index contributed by atoms with van der Waals surface area (Å²) in [5.74, 6) is 1.98. The molecule has 0 saturated carbocycles. The maximum Gasteiger partial charge on any atom is 0.266 e. The van der Waals surface area contributed by atoms with Crippen LogP contribution < -0.4 is 5.32 Å². The molecule has 0 atom stereocenters. The number of terminal acetylenes is 1. The first kappa shape index (κ1) is 25.8. The van der Waals surface area contributed by atoms with Gasteiger partial charge in [0.25, 0.3) is 10.1 Å². The minimum atomic E-state index is -4.02. The van der Waals surface area contributed by atoms with Crippen molar-refractivity contribution >= 4 is 16.0 Å². The SMILES string of the molecule is C#CCCCC1(CC/C=C\C/C=C\C/C=C\CCCC(=O)NCCS(=O)(=O)O)N=N1. The zero-order valence-corrected chi connectivity index (χ0v) is 18.3. The smallest absolute Gasteiger partial charge is 0.266 e. The number of hydrogen-bond acceptors (Lipinski definition) is 5. The molecule has 7 nitrogen and oxygen atoms in total. The van der Waals surface area contributed by atoms with E-state index in [1.165, 1.54) is 0 Å². The zero-order valence-electron chi connectivity index (χ0n) is 17.5. The molecular weight excluding hydrogens is 402 g/mol. The lowest BCUT2D eigenvalue weighted by Gasteiger charge is -2.06. The van der Waals surface area contributed by atoms with E-state index < -0.39 is 15.9 Å². The fourth-order valence-electron chi connectivity index (χ4n) is 2.75. The predicted octanol–water partition coefficient (Wildman–Crippen LogP) is 4.36. The predicted molar refractivity (Wildman–Crippen MR) is 119 cm³/mol. The first-order valence-electron chi connectivity index (χ1n) is 10.4. The van der Waals surface area contributed by atoms with Crippen molar-refractivity contribution in [1.82, 2.24) is 5.32 Å². The van der Waals surface area contributed by atoms with Crippen molar-refractivity contribution in [2.75, 3.05) is 12.3 Å².